The monoisotopic (exact) mass is 321 g/mol. The topological polar surface area (TPSA) is 110 Å². The van der Waals surface area contributed by atoms with Crippen LogP contribution in [-0.2, 0) is 4.79 Å². The van der Waals surface area contributed by atoms with E-state index in [2.05, 4.69) is 25.8 Å². The molecule has 8 nitrogen and oxygen atoms in total. The van der Waals surface area contributed by atoms with E-state index >= 15 is 0 Å². The molecule has 22 heavy (non-hydrogen) atoms. The summed E-state index contributed by atoms with van der Waals surface area (Å²) >= 11 is 1.05. The predicted octanol–water partition coefficient (Wildman–Crippen LogP) is 1.46. The van der Waals surface area contributed by atoms with Gasteiger partial charge in [-0.3, -0.25) is 15.1 Å². The van der Waals surface area contributed by atoms with E-state index in [-0.39, 0.29) is 17.0 Å². The van der Waals surface area contributed by atoms with Crippen LogP contribution in [0, 0.1) is 0 Å². The van der Waals surface area contributed by atoms with Gasteiger partial charge in [-0.1, -0.05) is 11.8 Å². The smallest absolute Gasteiger partial charge is 0.321 e. The molecule has 2 aromatic rings. The molecule has 0 aliphatic rings. The summed E-state index contributed by atoms with van der Waals surface area (Å²) in [6.07, 6.45) is 3.24. The van der Waals surface area contributed by atoms with Crippen LogP contribution in [0.5, 0.6) is 0 Å². The van der Waals surface area contributed by atoms with E-state index in [1.165, 1.54) is 0 Å². The first-order chi connectivity index (χ1) is 10.5. The lowest BCUT2D eigenvalue weighted by Crippen LogP contribution is -2.43. The van der Waals surface area contributed by atoms with Crippen molar-refractivity contribution in [2.24, 2.45) is 0 Å². The van der Waals surface area contributed by atoms with E-state index in [0.717, 1.165) is 11.8 Å². The minimum absolute atomic E-state index is 0.000187. The molecule has 0 fully saturated rings. The van der Waals surface area contributed by atoms with E-state index < -0.39 is 11.9 Å². The summed E-state index contributed by atoms with van der Waals surface area (Å²) in [5.74, 6) is -0.113. The van der Waals surface area contributed by atoms with Crippen LogP contribution >= 0.6 is 11.8 Å². The van der Waals surface area contributed by atoms with Gasteiger partial charge in [-0.05, 0) is 26.0 Å². The van der Waals surface area contributed by atoms with Gasteiger partial charge in [0.15, 0.2) is 0 Å². The third kappa shape index (κ3) is 4.85. The molecule has 0 bridgehead atoms. The second-order valence-corrected chi connectivity index (χ2v) is 5.51. The fourth-order valence-electron chi connectivity index (χ4n) is 1.46. The molecular formula is C13H15N5O3S. The zero-order valence-electron chi connectivity index (χ0n) is 12.1. The van der Waals surface area contributed by atoms with Crippen molar-refractivity contribution in [2.75, 3.05) is 5.75 Å². The Bertz CT molecular complexity index is 644. The van der Waals surface area contributed by atoms with Gasteiger partial charge in [0.2, 0.25) is 11.8 Å². The molecule has 0 spiro atoms. The number of nitrogens with zero attached hydrogens (tertiary/aromatic N) is 3. The Morgan fingerprint density at radius 1 is 1.36 bits per heavy atom. The minimum Gasteiger partial charge on any atom is -0.411 e. The Kier molecular flexibility index (Phi) is 5.48. The molecule has 0 aliphatic carbocycles. The molecule has 0 atom stereocenters. The average molecular weight is 321 g/mol. The lowest BCUT2D eigenvalue weighted by atomic mass is 10.3. The van der Waals surface area contributed by atoms with Crippen LogP contribution in [0.25, 0.3) is 11.5 Å². The summed E-state index contributed by atoms with van der Waals surface area (Å²) < 4.78 is 5.41. The normalized spacial score (nSPS) is 10.5. The fraction of sp³-hybridized carbons (Fsp3) is 0.308. The number of aromatic nitrogens is 3. The standard InChI is InChI=1S/C13H15N5O3S/c1-8(2)15-12(20)16-10(19)7-22-13-18-17-11(21-13)9-4-3-5-14-6-9/h3-6,8H,7H2,1-2H3,(H2,15,16,19,20). The Labute approximate surface area is 131 Å². The lowest BCUT2D eigenvalue weighted by Gasteiger charge is -2.08. The van der Waals surface area contributed by atoms with Gasteiger partial charge in [0.25, 0.3) is 5.22 Å². The molecule has 0 unspecified atom stereocenters. The molecule has 2 rings (SSSR count). The first-order valence-electron chi connectivity index (χ1n) is 6.51. The van der Waals surface area contributed by atoms with Crippen molar-refractivity contribution in [3.8, 4) is 11.5 Å². The predicted molar refractivity (Wildman–Crippen MR) is 80.1 cm³/mol. The van der Waals surface area contributed by atoms with E-state index in [1.807, 2.05) is 0 Å². The van der Waals surface area contributed by atoms with Crippen molar-refractivity contribution >= 4 is 23.7 Å². The molecule has 116 valence electrons. The molecule has 9 heteroatoms. The fourth-order valence-corrected chi connectivity index (χ4v) is 2.03. The third-order valence-electron chi connectivity index (χ3n) is 2.31. The zero-order valence-corrected chi connectivity index (χ0v) is 12.9. The van der Waals surface area contributed by atoms with Crippen molar-refractivity contribution in [3.63, 3.8) is 0 Å². The maximum atomic E-state index is 11.6. The summed E-state index contributed by atoms with van der Waals surface area (Å²) in [5.41, 5.74) is 0.697. The molecule has 0 radical (unpaired) electrons. The molecular weight excluding hydrogens is 306 g/mol. The van der Waals surface area contributed by atoms with Gasteiger partial charge in [-0.2, -0.15) is 0 Å². The number of rotatable bonds is 5. The van der Waals surface area contributed by atoms with Crippen LogP contribution in [0.1, 0.15) is 13.8 Å². The van der Waals surface area contributed by atoms with Gasteiger partial charge in [0.1, 0.15) is 0 Å². The molecule has 3 amide bonds. The Morgan fingerprint density at radius 2 is 2.18 bits per heavy atom. The molecule has 2 heterocycles. The van der Waals surface area contributed by atoms with Crippen LogP contribution in [0.3, 0.4) is 0 Å². The van der Waals surface area contributed by atoms with Gasteiger partial charge in [0.05, 0.1) is 11.3 Å². The van der Waals surface area contributed by atoms with Crippen molar-refractivity contribution in [3.05, 3.63) is 24.5 Å². The number of amides is 3. The SMILES string of the molecule is CC(C)NC(=O)NC(=O)CSc1nnc(-c2cccnc2)o1. The molecule has 0 aliphatic heterocycles. The maximum absolute atomic E-state index is 11.6. The summed E-state index contributed by atoms with van der Waals surface area (Å²) in [6.45, 7) is 3.61. The highest BCUT2D eigenvalue weighted by Crippen LogP contribution is 2.21. The molecule has 0 aromatic carbocycles. The van der Waals surface area contributed by atoms with Crippen molar-refractivity contribution in [1.29, 1.82) is 0 Å². The van der Waals surface area contributed by atoms with E-state index in [4.69, 9.17) is 4.42 Å². The third-order valence-corrected chi connectivity index (χ3v) is 3.13. The van der Waals surface area contributed by atoms with E-state index in [0.29, 0.717) is 11.5 Å². The number of carbonyl (C=O) groups excluding carboxylic acids is 2. The number of thioether (sulfide) groups is 1. The summed E-state index contributed by atoms with van der Waals surface area (Å²) in [5, 5.41) is 12.7. The highest BCUT2D eigenvalue weighted by molar-refractivity contribution is 7.99. The Hall–Kier alpha value is -2.42. The zero-order chi connectivity index (χ0) is 15.9. The lowest BCUT2D eigenvalue weighted by molar-refractivity contribution is -0.117. The maximum Gasteiger partial charge on any atom is 0.321 e. The van der Waals surface area contributed by atoms with Gasteiger partial charge in [-0.25, -0.2) is 4.79 Å². The summed E-state index contributed by atoms with van der Waals surface area (Å²) in [4.78, 5) is 26.9. The molecule has 2 N–H and O–H groups in total. The highest BCUT2D eigenvalue weighted by atomic mass is 32.2. The van der Waals surface area contributed by atoms with E-state index in [9.17, 15) is 9.59 Å². The van der Waals surface area contributed by atoms with Crippen LogP contribution in [-0.4, -0.2) is 38.9 Å². The Morgan fingerprint density at radius 3 is 2.86 bits per heavy atom. The van der Waals surface area contributed by atoms with Crippen LogP contribution in [0.15, 0.2) is 34.2 Å². The van der Waals surface area contributed by atoms with Gasteiger partial charge >= 0.3 is 6.03 Å². The van der Waals surface area contributed by atoms with Crippen LogP contribution in [0.4, 0.5) is 4.79 Å². The molecule has 2 aromatic heterocycles. The Balaban J connectivity index is 1.84. The summed E-state index contributed by atoms with van der Waals surface area (Å²) in [6, 6.07) is 2.98. The number of pyridine rings is 1. The average Bonchev–Trinajstić information content (AvgIpc) is 2.94. The molecule has 0 saturated carbocycles. The first-order valence-corrected chi connectivity index (χ1v) is 7.50. The number of hydrogen-bond acceptors (Lipinski definition) is 7. The first kappa shape index (κ1) is 16.0. The van der Waals surface area contributed by atoms with Crippen LogP contribution in [0.2, 0.25) is 0 Å². The van der Waals surface area contributed by atoms with E-state index in [1.54, 1.807) is 38.4 Å². The number of hydrogen-bond donors (Lipinski definition) is 2. The number of carbonyl (C=O) groups is 2. The number of imide groups is 1. The minimum atomic E-state index is -0.526. The van der Waals surface area contributed by atoms with Crippen molar-refractivity contribution in [2.45, 2.75) is 25.1 Å². The van der Waals surface area contributed by atoms with Crippen LogP contribution < -0.4 is 10.6 Å². The van der Waals surface area contributed by atoms with Crippen molar-refractivity contribution < 1.29 is 14.0 Å². The van der Waals surface area contributed by atoms with Gasteiger partial charge in [0, 0.05) is 18.4 Å². The number of urea groups is 1. The van der Waals surface area contributed by atoms with Gasteiger partial charge in [-0.15, -0.1) is 10.2 Å². The second-order valence-electron chi connectivity index (χ2n) is 4.58. The largest absolute Gasteiger partial charge is 0.411 e. The highest BCUT2D eigenvalue weighted by Gasteiger charge is 2.13. The molecule has 0 saturated heterocycles. The quantitative estimate of drug-likeness (QED) is 0.802. The number of nitrogens with one attached hydrogen (secondary N) is 2. The van der Waals surface area contributed by atoms with Gasteiger partial charge < -0.3 is 9.73 Å². The van der Waals surface area contributed by atoms with Crippen molar-refractivity contribution in [1.82, 2.24) is 25.8 Å². The second kappa shape index (κ2) is 7.55. The summed E-state index contributed by atoms with van der Waals surface area (Å²) in [7, 11) is 0.